The second-order valence-corrected chi connectivity index (χ2v) is 14.2. The molecule has 6 rings (SSSR count). The quantitative estimate of drug-likeness (QED) is 0.180. The Balaban J connectivity index is 1.20. The number of carbonyl (C=O) groups is 4. The number of hydrogen-bond acceptors (Lipinski definition) is 14. The van der Waals surface area contributed by atoms with E-state index < -0.39 is 90.6 Å². The smallest absolute Gasteiger partial charge is 0.335 e. The van der Waals surface area contributed by atoms with Gasteiger partial charge in [0.1, 0.15) is 43.1 Å². The molecule has 0 bridgehead atoms. The van der Waals surface area contributed by atoms with Crippen LogP contribution in [-0.4, -0.2) is 100 Å². The normalized spacial score (nSPS) is 30.5. The molecule has 4 aliphatic heterocycles. The van der Waals surface area contributed by atoms with Crippen molar-refractivity contribution in [2.24, 2.45) is 11.7 Å². The number of fused-ring (bicyclic) bond motifs is 1. The number of nitrogens with two attached hydrogens (primary N) is 1. The number of aliphatic hydroxyl groups is 1. The lowest BCUT2D eigenvalue weighted by Crippen LogP contribution is -2.53. The van der Waals surface area contributed by atoms with Crippen LogP contribution in [0.5, 0.6) is 5.75 Å². The minimum atomic E-state index is -1.82. The van der Waals surface area contributed by atoms with Gasteiger partial charge in [-0.1, -0.05) is 12.1 Å². The molecule has 0 unspecified atom stereocenters. The van der Waals surface area contributed by atoms with E-state index in [1.807, 2.05) is 6.92 Å². The highest BCUT2D eigenvalue weighted by molar-refractivity contribution is 5.95. The van der Waals surface area contributed by atoms with Gasteiger partial charge >= 0.3 is 5.69 Å². The fourth-order valence-electron chi connectivity index (χ4n) is 6.96. The van der Waals surface area contributed by atoms with Crippen molar-refractivity contribution >= 4 is 24.0 Å². The van der Waals surface area contributed by atoms with E-state index in [4.69, 9.17) is 38.9 Å². The first-order chi connectivity index (χ1) is 26.2. The Hall–Kier alpha value is -4.92. The fourth-order valence-corrected chi connectivity index (χ4v) is 6.96. The van der Waals surface area contributed by atoms with E-state index in [0.717, 1.165) is 33.4 Å². The minimum Gasteiger partial charge on any atom is -0.497 e. The van der Waals surface area contributed by atoms with Gasteiger partial charge in [0.25, 0.3) is 11.5 Å². The second kappa shape index (κ2) is 16.4. The van der Waals surface area contributed by atoms with E-state index in [-0.39, 0.29) is 24.3 Å². The molecule has 3 amide bonds. The van der Waals surface area contributed by atoms with Crippen LogP contribution in [0.3, 0.4) is 0 Å². The number of nitrogens with one attached hydrogen (secondary N) is 2. The topological polar surface area (TPSA) is 247 Å². The summed E-state index contributed by atoms with van der Waals surface area (Å²) in [7, 11) is 1.53. The van der Waals surface area contributed by atoms with Crippen molar-refractivity contribution in [3.05, 3.63) is 74.8 Å². The van der Waals surface area contributed by atoms with E-state index in [1.54, 1.807) is 38.1 Å². The molecule has 1 aromatic carbocycles. The van der Waals surface area contributed by atoms with Crippen LogP contribution in [0.15, 0.2) is 58.0 Å². The highest BCUT2D eigenvalue weighted by Gasteiger charge is 2.55. The third kappa shape index (κ3) is 8.66. The summed E-state index contributed by atoms with van der Waals surface area (Å²) >= 11 is 0. The second-order valence-electron chi connectivity index (χ2n) is 14.2. The summed E-state index contributed by atoms with van der Waals surface area (Å²) < 4.78 is 42.3. The highest BCUT2D eigenvalue weighted by atomic mass is 16.8. The van der Waals surface area contributed by atoms with Crippen LogP contribution in [0.1, 0.15) is 51.8 Å². The first kappa shape index (κ1) is 39.8. The number of aldehydes is 1. The maximum Gasteiger partial charge on any atom is 0.335 e. The number of benzene rings is 1. The largest absolute Gasteiger partial charge is 0.497 e. The number of nitrogens with zero attached hydrogens (tertiary/aromatic N) is 2. The average molecular weight is 772 g/mol. The SMILES string of the molecule is COc1ccc(COCn2c(=O)ccn([C@@H]3O[C@H]([C@@H](O[C@H]4OC(C(=O)N[C@H]5CCC[C@@H](C)NC5=O)=C[C@@H]5OC(C)(C)O[C@H]45)C(N)=O)[C@@H](C=O)[C@H]3O)c2=O)cc1. The number of rotatable bonds is 13. The summed E-state index contributed by atoms with van der Waals surface area (Å²) in [4.78, 5) is 77.9. The molecule has 2 aromatic rings. The van der Waals surface area contributed by atoms with Crippen LogP contribution < -0.4 is 32.4 Å². The monoisotopic (exact) mass is 771 g/mol. The van der Waals surface area contributed by atoms with Gasteiger partial charge in [-0.15, -0.1) is 0 Å². The van der Waals surface area contributed by atoms with Crippen LogP contribution in [0, 0.1) is 5.92 Å². The van der Waals surface area contributed by atoms with E-state index in [1.165, 1.54) is 13.2 Å². The zero-order valence-corrected chi connectivity index (χ0v) is 30.7. The van der Waals surface area contributed by atoms with Gasteiger partial charge in [0.15, 0.2) is 30.0 Å². The van der Waals surface area contributed by atoms with Crippen molar-refractivity contribution in [3.63, 3.8) is 0 Å². The molecule has 0 spiro atoms. The maximum atomic E-state index is 13.6. The molecule has 3 saturated heterocycles. The van der Waals surface area contributed by atoms with Gasteiger partial charge in [0, 0.05) is 18.3 Å². The lowest BCUT2D eigenvalue weighted by atomic mass is 9.95. The molecule has 3 fully saturated rings. The Labute approximate surface area is 314 Å². The van der Waals surface area contributed by atoms with Gasteiger partial charge in [-0.2, -0.15) is 0 Å². The van der Waals surface area contributed by atoms with Crippen LogP contribution in [0.2, 0.25) is 0 Å². The molecular formula is C36H45N5O14. The Morgan fingerprint density at radius 1 is 1.15 bits per heavy atom. The lowest BCUT2D eigenvalue weighted by molar-refractivity contribution is -0.238. The van der Waals surface area contributed by atoms with Crippen LogP contribution in [-0.2, 0) is 60.9 Å². The van der Waals surface area contributed by atoms with E-state index in [9.17, 15) is 33.9 Å². The first-order valence-corrected chi connectivity index (χ1v) is 17.8. The Morgan fingerprint density at radius 3 is 2.58 bits per heavy atom. The number of amides is 3. The summed E-state index contributed by atoms with van der Waals surface area (Å²) in [6.45, 7) is 4.68. The van der Waals surface area contributed by atoms with Crippen molar-refractivity contribution in [3.8, 4) is 5.75 Å². The van der Waals surface area contributed by atoms with Gasteiger partial charge in [-0.05, 0) is 63.8 Å². The standard InChI is InChI=1S/C36H45N5O14/c1-18-6-5-7-22(31(46)38-18)39-32(47)24-14-23-28(55-36(2,3)54-23)34(51-24)53-29(30(37)45)27-21(15-42)26(44)33(52-27)40-13-12-25(43)41(35(40)48)17-50-16-19-8-10-20(49-4)11-9-19/h8-15,18,21-23,26-29,33-34,44H,5-7,16-17H2,1-4H3,(H2,37,45)(H,38,46)(H,39,47)/t18-,21+,22+,23+,26-,27+,28+,29-,33-,34-/m1/s1. The number of aliphatic hydroxyl groups excluding tert-OH is 1. The Kier molecular flexibility index (Phi) is 11.9. The van der Waals surface area contributed by atoms with Gasteiger partial charge < -0.3 is 59.4 Å². The molecule has 19 heteroatoms. The summed E-state index contributed by atoms with van der Waals surface area (Å²) in [6, 6.07) is 7.10. The molecule has 55 heavy (non-hydrogen) atoms. The Morgan fingerprint density at radius 2 is 1.89 bits per heavy atom. The number of primary amides is 1. The molecule has 298 valence electrons. The molecule has 0 aliphatic carbocycles. The third-order valence-corrected chi connectivity index (χ3v) is 9.75. The number of aromatic nitrogens is 2. The predicted octanol–water partition coefficient (Wildman–Crippen LogP) is -0.929. The van der Waals surface area contributed by atoms with Crippen LogP contribution in [0.4, 0.5) is 0 Å². The molecule has 0 radical (unpaired) electrons. The van der Waals surface area contributed by atoms with Crippen molar-refractivity contribution in [2.75, 3.05) is 7.11 Å². The summed E-state index contributed by atoms with van der Waals surface area (Å²) in [5, 5.41) is 16.8. The van der Waals surface area contributed by atoms with E-state index in [0.29, 0.717) is 24.9 Å². The molecule has 0 saturated carbocycles. The predicted molar refractivity (Wildman–Crippen MR) is 186 cm³/mol. The van der Waals surface area contributed by atoms with E-state index >= 15 is 0 Å². The van der Waals surface area contributed by atoms with Gasteiger partial charge in [-0.3, -0.25) is 23.7 Å². The van der Waals surface area contributed by atoms with Crippen molar-refractivity contribution < 1.29 is 57.4 Å². The highest BCUT2D eigenvalue weighted by Crippen LogP contribution is 2.39. The summed E-state index contributed by atoms with van der Waals surface area (Å²) in [6.07, 6.45) is -5.68. The van der Waals surface area contributed by atoms with Crippen molar-refractivity contribution in [1.82, 2.24) is 19.8 Å². The van der Waals surface area contributed by atoms with Gasteiger partial charge in [0.05, 0.1) is 19.6 Å². The molecule has 5 N–H and O–H groups in total. The van der Waals surface area contributed by atoms with Gasteiger partial charge in [-0.25, -0.2) is 9.36 Å². The third-order valence-electron chi connectivity index (χ3n) is 9.75. The van der Waals surface area contributed by atoms with Gasteiger partial charge in [0.2, 0.25) is 18.1 Å². The molecule has 4 aliphatic rings. The minimum absolute atomic E-state index is 0.0466. The Bertz CT molecular complexity index is 1910. The summed E-state index contributed by atoms with van der Waals surface area (Å²) in [5.74, 6) is -4.58. The average Bonchev–Trinajstić information content (AvgIpc) is 3.58. The molecule has 1 aromatic heterocycles. The number of hydrogen-bond donors (Lipinski definition) is 4. The molecule has 5 heterocycles. The molecule has 10 atom stereocenters. The van der Waals surface area contributed by atoms with Crippen LogP contribution in [0.25, 0.3) is 0 Å². The number of carbonyl (C=O) groups excluding carboxylic acids is 4. The van der Waals surface area contributed by atoms with Crippen LogP contribution >= 0.6 is 0 Å². The van der Waals surface area contributed by atoms with Crippen molar-refractivity contribution in [2.45, 2.75) is 114 Å². The summed E-state index contributed by atoms with van der Waals surface area (Å²) in [5.41, 5.74) is 4.87. The number of ether oxygens (including phenoxy) is 7. The fraction of sp³-hybridized carbons (Fsp3) is 0.556. The van der Waals surface area contributed by atoms with Crippen molar-refractivity contribution in [1.29, 1.82) is 0 Å². The van der Waals surface area contributed by atoms with E-state index in [2.05, 4.69) is 10.6 Å². The zero-order chi connectivity index (χ0) is 39.6. The zero-order valence-electron chi connectivity index (χ0n) is 30.7. The first-order valence-electron chi connectivity index (χ1n) is 17.8. The maximum absolute atomic E-state index is 13.6. The molecular weight excluding hydrogens is 726 g/mol. The molecule has 19 nitrogen and oxygen atoms in total. The lowest BCUT2D eigenvalue weighted by Gasteiger charge is -2.34. The number of methoxy groups -OCH3 is 1.